The van der Waals surface area contributed by atoms with Crippen LogP contribution in [0.2, 0.25) is 0 Å². The molecule has 9 heteroatoms. The van der Waals surface area contributed by atoms with E-state index < -0.39 is 0 Å². The van der Waals surface area contributed by atoms with Crippen molar-refractivity contribution in [1.82, 2.24) is 35.1 Å². The Balaban J connectivity index is 1.08. The van der Waals surface area contributed by atoms with Crippen molar-refractivity contribution in [2.75, 3.05) is 13.1 Å². The molecule has 0 amide bonds. The molecule has 2 fully saturated rings. The lowest BCUT2D eigenvalue weighted by molar-refractivity contribution is 0.234. The van der Waals surface area contributed by atoms with Crippen LogP contribution in [0.25, 0.3) is 44.7 Å². The van der Waals surface area contributed by atoms with Crippen LogP contribution in [-0.2, 0) is 6.73 Å². The Morgan fingerprint density at radius 1 is 0.976 bits per heavy atom. The van der Waals surface area contributed by atoms with Crippen molar-refractivity contribution >= 4 is 10.9 Å². The Morgan fingerprint density at radius 2 is 1.74 bits per heavy atom. The quantitative estimate of drug-likeness (QED) is 0.184. The number of aromatic amines is 2. The highest BCUT2D eigenvalue weighted by Crippen LogP contribution is 2.43. The van der Waals surface area contributed by atoms with Gasteiger partial charge >= 0.3 is 0 Å². The first-order valence-electron chi connectivity index (χ1n) is 15.2. The van der Waals surface area contributed by atoms with Crippen molar-refractivity contribution in [3.63, 3.8) is 0 Å². The second-order valence-corrected chi connectivity index (χ2v) is 12.5. The third kappa shape index (κ3) is 4.34. The van der Waals surface area contributed by atoms with Gasteiger partial charge in [-0.05, 0) is 74.9 Å². The Morgan fingerprint density at radius 3 is 2.50 bits per heavy atom. The molecule has 0 spiro atoms. The van der Waals surface area contributed by atoms with Crippen LogP contribution < -0.4 is 15.4 Å². The molecule has 216 valence electrons. The summed E-state index contributed by atoms with van der Waals surface area (Å²) in [6.07, 6.45) is 8.29. The number of ether oxygens (including phenoxy) is 1. The third-order valence-corrected chi connectivity index (χ3v) is 9.15. The molecular formula is C33H36FN7O. The standard InChI is InChI=1S/C33H36FN7O/c1-18(2)10-19-11-25(36-14-19)33-38-16-27(40-33)21-5-7-22-29(13-21)42-17-41-28-8-6-20(12-23(28)30(34)31(22)41)26-15-37-32(39-26)24-4-3-9-35-24/h5-8,12-13,15-16,18-19,24-25,35-36H,3-4,9-11,14,17H2,1-2H3,(H,37,39)(H,38,40). The highest BCUT2D eigenvalue weighted by molar-refractivity contribution is 5.92. The van der Waals surface area contributed by atoms with Gasteiger partial charge in [0.15, 0.2) is 12.5 Å². The van der Waals surface area contributed by atoms with Gasteiger partial charge in [0.25, 0.3) is 0 Å². The lowest BCUT2D eigenvalue weighted by Crippen LogP contribution is -2.15. The van der Waals surface area contributed by atoms with Crippen LogP contribution in [0.1, 0.15) is 63.3 Å². The molecule has 3 unspecified atom stereocenters. The maximum absolute atomic E-state index is 16.1. The number of halogens is 1. The minimum absolute atomic E-state index is 0.228. The summed E-state index contributed by atoms with van der Waals surface area (Å²) in [6, 6.07) is 12.4. The highest BCUT2D eigenvalue weighted by atomic mass is 19.1. The van der Waals surface area contributed by atoms with Gasteiger partial charge in [-0.1, -0.05) is 26.0 Å². The summed E-state index contributed by atoms with van der Waals surface area (Å²) in [5.74, 6) is 3.75. The summed E-state index contributed by atoms with van der Waals surface area (Å²) >= 11 is 0. The van der Waals surface area contributed by atoms with E-state index in [0.29, 0.717) is 28.7 Å². The van der Waals surface area contributed by atoms with Crippen LogP contribution in [0, 0.1) is 17.7 Å². The SMILES string of the molecule is CC(C)CC1CNC(c2ncc(-c3ccc4c(c3)OCn3c-4c(F)c4cc(-c5cnc(C6CCCN6)[nH]5)ccc43)[nH]2)C1. The Kier molecular flexibility index (Phi) is 6.19. The summed E-state index contributed by atoms with van der Waals surface area (Å²) in [4.78, 5) is 16.3. The van der Waals surface area contributed by atoms with E-state index in [9.17, 15) is 0 Å². The molecule has 8 rings (SSSR count). The fraction of sp³-hybridized carbons (Fsp3) is 0.394. The molecule has 0 aliphatic carbocycles. The molecule has 3 aliphatic rings. The van der Waals surface area contributed by atoms with Crippen LogP contribution in [0.3, 0.4) is 0 Å². The highest BCUT2D eigenvalue weighted by Gasteiger charge is 2.29. The first-order chi connectivity index (χ1) is 20.5. The number of H-pyrrole nitrogens is 2. The van der Waals surface area contributed by atoms with Gasteiger partial charge in [0, 0.05) is 22.1 Å². The van der Waals surface area contributed by atoms with E-state index in [-0.39, 0.29) is 24.6 Å². The number of aromatic nitrogens is 5. The fourth-order valence-electron chi connectivity index (χ4n) is 7.12. The van der Waals surface area contributed by atoms with Crippen molar-refractivity contribution in [3.05, 3.63) is 66.3 Å². The van der Waals surface area contributed by atoms with Gasteiger partial charge in [0.05, 0.1) is 47.1 Å². The van der Waals surface area contributed by atoms with E-state index in [1.807, 2.05) is 53.4 Å². The molecule has 42 heavy (non-hydrogen) atoms. The zero-order valence-corrected chi connectivity index (χ0v) is 24.0. The molecule has 3 aliphatic heterocycles. The van der Waals surface area contributed by atoms with Crippen LogP contribution in [0.5, 0.6) is 5.75 Å². The number of hydrogen-bond acceptors (Lipinski definition) is 5. The van der Waals surface area contributed by atoms with Crippen molar-refractivity contribution in [2.24, 2.45) is 11.8 Å². The molecule has 0 bridgehead atoms. The Labute approximate surface area is 244 Å². The van der Waals surface area contributed by atoms with Gasteiger partial charge in [-0.2, -0.15) is 0 Å². The molecule has 4 N–H and O–H groups in total. The number of benzene rings is 2. The van der Waals surface area contributed by atoms with Gasteiger partial charge in [0.1, 0.15) is 17.4 Å². The normalized spacial score (nSPS) is 21.7. The second kappa shape index (κ2) is 10.1. The molecule has 0 radical (unpaired) electrons. The largest absolute Gasteiger partial charge is 0.472 e. The van der Waals surface area contributed by atoms with E-state index >= 15 is 4.39 Å². The zero-order valence-electron chi connectivity index (χ0n) is 24.0. The summed E-state index contributed by atoms with van der Waals surface area (Å²) in [5, 5.41) is 7.68. The van der Waals surface area contributed by atoms with Gasteiger partial charge in [0.2, 0.25) is 0 Å². The first kappa shape index (κ1) is 25.7. The molecule has 3 atom stereocenters. The molecule has 6 heterocycles. The maximum Gasteiger partial charge on any atom is 0.165 e. The van der Waals surface area contributed by atoms with E-state index in [1.165, 1.54) is 6.42 Å². The number of fused-ring (bicyclic) bond motifs is 5. The first-order valence-corrected chi connectivity index (χ1v) is 15.2. The average Bonchev–Trinajstić information content (AvgIpc) is 3.82. The molecule has 8 nitrogen and oxygen atoms in total. The van der Waals surface area contributed by atoms with E-state index in [0.717, 1.165) is 77.6 Å². The zero-order chi connectivity index (χ0) is 28.4. The van der Waals surface area contributed by atoms with Crippen molar-refractivity contribution in [1.29, 1.82) is 0 Å². The molecule has 0 saturated carbocycles. The summed E-state index contributed by atoms with van der Waals surface area (Å²) in [5.41, 5.74) is 5.86. The summed E-state index contributed by atoms with van der Waals surface area (Å²) in [6.45, 7) is 6.87. The van der Waals surface area contributed by atoms with Gasteiger partial charge in [-0.3, -0.25) is 0 Å². The number of imidazole rings is 2. The van der Waals surface area contributed by atoms with Crippen LogP contribution in [0.15, 0.2) is 48.8 Å². The number of hydrogen-bond donors (Lipinski definition) is 4. The van der Waals surface area contributed by atoms with Crippen LogP contribution in [0.4, 0.5) is 4.39 Å². The van der Waals surface area contributed by atoms with E-state index in [4.69, 9.17) is 9.72 Å². The molecular weight excluding hydrogens is 529 g/mol. The smallest absolute Gasteiger partial charge is 0.165 e. The van der Waals surface area contributed by atoms with Crippen molar-refractivity contribution in [3.8, 4) is 39.5 Å². The minimum atomic E-state index is -0.228. The molecule has 5 aromatic rings. The number of nitrogens with one attached hydrogen (secondary N) is 4. The predicted molar refractivity (Wildman–Crippen MR) is 161 cm³/mol. The van der Waals surface area contributed by atoms with Gasteiger partial charge < -0.3 is 29.9 Å². The molecule has 2 saturated heterocycles. The third-order valence-electron chi connectivity index (χ3n) is 9.15. The number of nitrogens with zero attached hydrogens (tertiary/aromatic N) is 3. The lowest BCUT2D eigenvalue weighted by Gasteiger charge is -2.21. The second-order valence-electron chi connectivity index (χ2n) is 12.5. The van der Waals surface area contributed by atoms with Crippen LogP contribution >= 0.6 is 0 Å². The molecule has 2 aromatic carbocycles. The lowest BCUT2D eigenvalue weighted by atomic mass is 9.95. The van der Waals surface area contributed by atoms with E-state index in [1.54, 1.807) is 0 Å². The van der Waals surface area contributed by atoms with Gasteiger partial charge in [-0.25, -0.2) is 14.4 Å². The number of rotatable bonds is 6. The fourth-order valence-corrected chi connectivity index (χ4v) is 7.12. The van der Waals surface area contributed by atoms with Gasteiger partial charge in [-0.15, -0.1) is 0 Å². The Hall–Kier alpha value is -3.95. The predicted octanol–water partition coefficient (Wildman–Crippen LogP) is 6.70. The maximum atomic E-state index is 16.1. The minimum Gasteiger partial charge on any atom is -0.472 e. The summed E-state index contributed by atoms with van der Waals surface area (Å²) in [7, 11) is 0. The van der Waals surface area contributed by atoms with Crippen LogP contribution in [-0.4, -0.2) is 37.6 Å². The monoisotopic (exact) mass is 565 g/mol. The average molecular weight is 566 g/mol. The van der Waals surface area contributed by atoms with E-state index in [2.05, 4.69) is 39.4 Å². The van der Waals surface area contributed by atoms with Crippen molar-refractivity contribution < 1.29 is 9.13 Å². The van der Waals surface area contributed by atoms with Crippen molar-refractivity contribution in [2.45, 2.75) is 58.3 Å². The molecule has 3 aromatic heterocycles. The topological polar surface area (TPSA) is 95.6 Å². The Bertz CT molecular complexity index is 1780. The summed E-state index contributed by atoms with van der Waals surface area (Å²) < 4.78 is 24.2.